The van der Waals surface area contributed by atoms with Crippen LogP contribution in [0.5, 0.6) is 0 Å². The second-order valence-electron chi connectivity index (χ2n) is 5.22. The Morgan fingerprint density at radius 2 is 2.12 bits per heavy atom. The minimum absolute atomic E-state index is 0.193. The normalized spacial score (nSPS) is 29.2. The molecule has 0 amide bonds. The van der Waals surface area contributed by atoms with Crippen molar-refractivity contribution in [1.29, 1.82) is 0 Å². The van der Waals surface area contributed by atoms with Crippen LogP contribution in [0.2, 0.25) is 0 Å². The van der Waals surface area contributed by atoms with Crippen LogP contribution >= 0.6 is 0 Å². The first-order chi connectivity index (χ1) is 8.15. The van der Waals surface area contributed by atoms with Crippen molar-refractivity contribution in [3.8, 4) is 0 Å². The second-order valence-corrected chi connectivity index (χ2v) is 5.22. The van der Waals surface area contributed by atoms with Crippen molar-refractivity contribution < 1.29 is 9.50 Å². The molecule has 1 aromatic rings. The first-order valence-corrected chi connectivity index (χ1v) is 6.61. The quantitative estimate of drug-likeness (QED) is 0.848. The van der Waals surface area contributed by atoms with Gasteiger partial charge in [0.25, 0.3) is 0 Å². The lowest BCUT2D eigenvalue weighted by molar-refractivity contribution is -0.0496. The van der Waals surface area contributed by atoms with Gasteiger partial charge in [0.15, 0.2) is 0 Å². The van der Waals surface area contributed by atoms with E-state index in [0.717, 1.165) is 25.7 Å². The van der Waals surface area contributed by atoms with Gasteiger partial charge in [0.2, 0.25) is 0 Å². The molecular weight excluding hydrogens is 215 g/mol. The largest absolute Gasteiger partial charge is 0.389 e. The summed E-state index contributed by atoms with van der Waals surface area (Å²) in [5, 5.41) is 10.7. The van der Waals surface area contributed by atoms with E-state index in [2.05, 4.69) is 6.92 Å². The Labute approximate surface area is 103 Å². The fraction of sp³-hybridized carbons (Fsp3) is 0.600. The Morgan fingerprint density at radius 1 is 1.35 bits per heavy atom. The SMILES string of the molecule is CCC1CCCCC1(O)Cc1ccccc1F. The van der Waals surface area contributed by atoms with E-state index in [9.17, 15) is 9.50 Å². The predicted molar refractivity (Wildman–Crippen MR) is 67.3 cm³/mol. The topological polar surface area (TPSA) is 20.2 Å². The number of halogens is 1. The molecule has 1 N–H and O–H groups in total. The molecule has 1 nitrogen and oxygen atoms in total. The zero-order chi connectivity index (χ0) is 12.3. The molecule has 94 valence electrons. The number of rotatable bonds is 3. The van der Waals surface area contributed by atoms with Gasteiger partial charge in [-0.05, 0) is 30.4 Å². The Hall–Kier alpha value is -0.890. The van der Waals surface area contributed by atoms with Crippen molar-refractivity contribution in [3.63, 3.8) is 0 Å². The molecule has 1 saturated carbocycles. The van der Waals surface area contributed by atoms with Gasteiger partial charge in [-0.25, -0.2) is 4.39 Å². The van der Waals surface area contributed by atoms with Crippen molar-refractivity contribution in [2.24, 2.45) is 5.92 Å². The van der Waals surface area contributed by atoms with Gasteiger partial charge in [0.1, 0.15) is 5.82 Å². The molecule has 0 radical (unpaired) electrons. The Balaban J connectivity index is 2.18. The van der Waals surface area contributed by atoms with Gasteiger partial charge in [-0.3, -0.25) is 0 Å². The van der Waals surface area contributed by atoms with Gasteiger partial charge in [-0.2, -0.15) is 0 Å². The number of hydrogen-bond donors (Lipinski definition) is 1. The van der Waals surface area contributed by atoms with Crippen LogP contribution in [-0.2, 0) is 6.42 Å². The summed E-state index contributed by atoms with van der Waals surface area (Å²) in [4.78, 5) is 0. The van der Waals surface area contributed by atoms with Crippen LogP contribution in [0.15, 0.2) is 24.3 Å². The lowest BCUT2D eigenvalue weighted by atomic mass is 9.71. The molecule has 2 rings (SSSR count). The van der Waals surface area contributed by atoms with Crippen molar-refractivity contribution in [1.82, 2.24) is 0 Å². The average molecular weight is 236 g/mol. The Morgan fingerprint density at radius 3 is 2.82 bits per heavy atom. The van der Waals surface area contributed by atoms with Crippen LogP contribution in [0, 0.1) is 11.7 Å². The third-order valence-corrected chi connectivity index (χ3v) is 4.12. The summed E-state index contributed by atoms with van der Waals surface area (Å²) >= 11 is 0. The van der Waals surface area contributed by atoms with E-state index >= 15 is 0 Å². The van der Waals surface area contributed by atoms with E-state index in [1.165, 1.54) is 12.5 Å². The highest BCUT2D eigenvalue weighted by atomic mass is 19.1. The summed E-state index contributed by atoms with van der Waals surface area (Å²) in [6, 6.07) is 6.80. The monoisotopic (exact) mass is 236 g/mol. The molecule has 2 unspecified atom stereocenters. The number of hydrogen-bond acceptors (Lipinski definition) is 1. The molecule has 2 atom stereocenters. The number of aliphatic hydroxyl groups is 1. The molecule has 0 aromatic heterocycles. The zero-order valence-electron chi connectivity index (χ0n) is 10.5. The van der Waals surface area contributed by atoms with E-state index in [1.807, 2.05) is 6.07 Å². The van der Waals surface area contributed by atoms with Crippen LogP contribution in [0.3, 0.4) is 0 Å². The maximum Gasteiger partial charge on any atom is 0.126 e. The van der Waals surface area contributed by atoms with Gasteiger partial charge >= 0.3 is 0 Å². The fourth-order valence-electron chi connectivity index (χ4n) is 3.08. The molecule has 0 bridgehead atoms. The highest BCUT2D eigenvalue weighted by molar-refractivity contribution is 5.20. The fourth-order valence-corrected chi connectivity index (χ4v) is 3.08. The number of benzene rings is 1. The smallest absolute Gasteiger partial charge is 0.126 e. The summed E-state index contributed by atoms with van der Waals surface area (Å²) in [5.41, 5.74) is -0.0507. The molecule has 0 heterocycles. The van der Waals surface area contributed by atoms with Crippen LogP contribution in [0.4, 0.5) is 4.39 Å². The van der Waals surface area contributed by atoms with E-state index in [1.54, 1.807) is 12.1 Å². The van der Waals surface area contributed by atoms with Gasteiger partial charge < -0.3 is 5.11 Å². The predicted octanol–water partition coefficient (Wildman–Crippen LogP) is 3.70. The lowest BCUT2D eigenvalue weighted by Gasteiger charge is -2.40. The average Bonchev–Trinajstić information content (AvgIpc) is 2.32. The molecule has 2 heteroatoms. The molecule has 17 heavy (non-hydrogen) atoms. The molecule has 0 saturated heterocycles. The highest BCUT2D eigenvalue weighted by Gasteiger charge is 2.38. The molecule has 1 aromatic carbocycles. The summed E-state index contributed by atoms with van der Waals surface area (Å²) in [7, 11) is 0. The molecule has 1 fully saturated rings. The third-order valence-electron chi connectivity index (χ3n) is 4.12. The standard InChI is InChI=1S/C15H21FO/c1-2-13-8-5-6-10-15(13,17)11-12-7-3-4-9-14(12)16/h3-4,7,9,13,17H,2,5-6,8,10-11H2,1H3. The Bertz CT molecular complexity index is 377. The summed E-state index contributed by atoms with van der Waals surface area (Å²) in [6.07, 6.45) is 5.56. The van der Waals surface area contributed by atoms with Crippen LogP contribution in [0.1, 0.15) is 44.6 Å². The van der Waals surface area contributed by atoms with E-state index in [0.29, 0.717) is 17.9 Å². The summed E-state index contributed by atoms with van der Waals surface area (Å²) < 4.78 is 13.6. The zero-order valence-corrected chi connectivity index (χ0v) is 10.5. The minimum Gasteiger partial charge on any atom is -0.389 e. The van der Waals surface area contributed by atoms with Gasteiger partial charge in [0.05, 0.1) is 5.60 Å². The third kappa shape index (κ3) is 2.68. The maximum atomic E-state index is 13.6. The van der Waals surface area contributed by atoms with Gasteiger partial charge in [0, 0.05) is 6.42 Å². The van der Waals surface area contributed by atoms with Gasteiger partial charge in [-0.15, -0.1) is 0 Å². The molecule has 1 aliphatic rings. The molecule has 0 aliphatic heterocycles. The highest BCUT2D eigenvalue weighted by Crippen LogP contribution is 2.38. The molecule has 1 aliphatic carbocycles. The first kappa shape index (κ1) is 12.6. The van der Waals surface area contributed by atoms with E-state index < -0.39 is 5.60 Å². The summed E-state index contributed by atoms with van der Waals surface area (Å²) in [6.45, 7) is 2.11. The first-order valence-electron chi connectivity index (χ1n) is 6.61. The lowest BCUT2D eigenvalue weighted by Crippen LogP contribution is -2.42. The van der Waals surface area contributed by atoms with Crippen molar-refractivity contribution in [2.75, 3.05) is 0 Å². The van der Waals surface area contributed by atoms with E-state index in [-0.39, 0.29) is 5.82 Å². The van der Waals surface area contributed by atoms with Crippen LogP contribution in [0.25, 0.3) is 0 Å². The van der Waals surface area contributed by atoms with Crippen LogP contribution in [-0.4, -0.2) is 10.7 Å². The van der Waals surface area contributed by atoms with Crippen molar-refractivity contribution >= 4 is 0 Å². The van der Waals surface area contributed by atoms with Gasteiger partial charge in [-0.1, -0.05) is 44.4 Å². The van der Waals surface area contributed by atoms with E-state index in [4.69, 9.17) is 0 Å². The van der Waals surface area contributed by atoms with Crippen molar-refractivity contribution in [3.05, 3.63) is 35.6 Å². The van der Waals surface area contributed by atoms with Crippen molar-refractivity contribution in [2.45, 2.75) is 51.0 Å². The summed E-state index contributed by atoms with van der Waals surface area (Å²) in [5.74, 6) is 0.122. The van der Waals surface area contributed by atoms with Crippen LogP contribution < -0.4 is 0 Å². The molecular formula is C15H21FO. The second kappa shape index (κ2) is 5.18. The Kier molecular flexibility index (Phi) is 3.82. The minimum atomic E-state index is -0.699. The molecule has 0 spiro atoms. The maximum absolute atomic E-state index is 13.6.